The number of para-hydroxylation sites is 1. The molecule has 132 valence electrons. The van der Waals surface area contributed by atoms with Gasteiger partial charge in [-0.25, -0.2) is 0 Å². The highest BCUT2D eigenvalue weighted by atomic mass is 16.5. The van der Waals surface area contributed by atoms with E-state index in [2.05, 4.69) is 0 Å². The fraction of sp³-hybridized carbons (Fsp3) is 0.350. The molecule has 0 aliphatic carbocycles. The Hall–Kier alpha value is -2.69. The van der Waals surface area contributed by atoms with Crippen molar-refractivity contribution in [3.63, 3.8) is 0 Å². The highest BCUT2D eigenvalue weighted by Crippen LogP contribution is 2.43. The van der Waals surface area contributed by atoms with E-state index >= 15 is 0 Å². The minimum absolute atomic E-state index is 0.114. The lowest BCUT2D eigenvalue weighted by molar-refractivity contribution is -0.119. The van der Waals surface area contributed by atoms with Crippen LogP contribution in [-0.4, -0.2) is 33.8 Å². The van der Waals surface area contributed by atoms with Crippen molar-refractivity contribution in [2.75, 3.05) is 32.8 Å². The predicted molar refractivity (Wildman–Crippen MR) is 97.0 cm³/mol. The third-order valence-electron chi connectivity index (χ3n) is 4.71. The summed E-state index contributed by atoms with van der Waals surface area (Å²) in [6.07, 6.45) is 0.517. The first-order valence-electron chi connectivity index (χ1n) is 8.33. The van der Waals surface area contributed by atoms with Crippen LogP contribution in [0.2, 0.25) is 0 Å². The van der Waals surface area contributed by atoms with E-state index in [9.17, 15) is 4.79 Å². The van der Waals surface area contributed by atoms with E-state index in [4.69, 9.17) is 14.2 Å². The number of anilines is 1. The molecule has 1 amide bonds. The van der Waals surface area contributed by atoms with E-state index in [-0.39, 0.29) is 11.8 Å². The average Bonchev–Trinajstić information content (AvgIpc) is 2.92. The number of rotatable bonds is 6. The van der Waals surface area contributed by atoms with Crippen molar-refractivity contribution in [2.45, 2.75) is 19.3 Å². The number of fused-ring (bicyclic) bond motifs is 1. The first-order chi connectivity index (χ1) is 12.1. The summed E-state index contributed by atoms with van der Waals surface area (Å²) < 4.78 is 16.4. The van der Waals surface area contributed by atoms with Crippen molar-refractivity contribution in [2.24, 2.45) is 0 Å². The molecule has 0 spiro atoms. The van der Waals surface area contributed by atoms with E-state index in [1.807, 2.05) is 48.2 Å². The van der Waals surface area contributed by atoms with Gasteiger partial charge in [-0.2, -0.15) is 0 Å². The Balaban J connectivity index is 2.04. The van der Waals surface area contributed by atoms with Crippen LogP contribution in [0.15, 0.2) is 36.4 Å². The highest BCUT2D eigenvalue weighted by molar-refractivity contribution is 6.05. The predicted octanol–water partition coefficient (Wildman–Crippen LogP) is 3.41. The van der Waals surface area contributed by atoms with Crippen molar-refractivity contribution < 1.29 is 19.0 Å². The molecule has 0 unspecified atom stereocenters. The molecule has 5 heteroatoms. The number of methoxy groups -OCH3 is 3. The maximum Gasteiger partial charge on any atom is 0.234 e. The Morgan fingerprint density at radius 3 is 2.20 bits per heavy atom. The van der Waals surface area contributed by atoms with Gasteiger partial charge in [0.05, 0.1) is 27.2 Å². The van der Waals surface area contributed by atoms with Gasteiger partial charge in [0.25, 0.3) is 0 Å². The maximum atomic E-state index is 12.9. The Morgan fingerprint density at radius 1 is 1.00 bits per heavy atom. The van der Waals surface area contributed by atoms with Crippen LogP contribution in [0.4, 0.5) is 5.69 Å². The van der Waals surface area contributed by atoms with E-state index in [0.717, 1.165) is 16.8 Å². The van der Waals surface area contributed by atoms with E-state index in [0.29, 0.717) is 30.2 Å². The summed E-state index contributed by atoms with van der Waals surface area (Å²) in [5, 5.41) is 0. The quantitative estimate of drug-likeness (QED) is 0.808. The first-order valence-corrected chi connectivity index (χ1v) is 8.33. The van der Waals surface area contributed by atoms with Crippen molar-refractivity contribution in [3.8, 4) is 17.2 Å². The molecule has 1 aliphatic heterocycles. The lowest BCUT2D eigenvalue weighted by atomic mass is 9.92. The van der Waals surface area contributed by atoms with Crippen molar-refractivity contribution in [1.29, 1.82) is 0 Å². The topological polar surface area (TPSA) is 48.0 Å². The number of benzene rings is 2. The van der Waals surface area contributed by atoms with Crippen LogP contribution in [0.1, 0.15) is 24.0 Å². The molecule has 2 aromatic rings. The Morgan fingerprint density at radius 2 is 1.64 bits per heavy atom. The van der Waals surface area contributed by atoms with Crippen LogP contribution < -0.4 is 19.1 Å². The van der Waals surface area contributed by atoms with Gasteiger partial charge in [-0.3, -0.25) is 4.79 Å². The number of amides is 1. The zero-order chi connectivity index (χ0) is 18.0. The minimum atomic E-state index is -0.243. The molecule has 25 heavy (non-hydrogen) atoms. The average molecular weight is 341 g/mol. The molecular weight excluding hydrogens is 318 g/mol. The molecule has 0 aromatic heterocycles. The second kappa shape index (κ2) is 7.05. The maximum absolute atomic E-state index is 12.9. The lowest BCUT2D eigenvalue weighted by Gasteiger charge is -2.18. The SMILES string of the molecule is CCN1C(=O)[C@@H](Cc2c(OC)cc(OC)cc2OC)c2ccccc21. The molecule has 0 N–H and O–H groups in total. The van der Waals surface area contributed by atoms with Gasteiger partial charge in [-0.05, 0) is 25.0 Å². The normalized spacial score (nSPS) is 15.9. The van der Waals surface area contributed by atoms with Gasteiger partial charge in [-0.1, -0.05) is 18.2 Å². The second-order valence-corrected chi connectivity index (χ2v) is 5.91. The molecule has 2 aromatic carbocycles. The number of likely N-dealkylation sites (N-methyl/N-ethyl adjacent to an activating group) is 1. The van der Waals surface area contributed by atoms with Crippen molar-refractivity contribution in [1.82, 2.24) is 0 Å². The first kappa shape index (κ1) is 17.1. The zero-order valence-corrected chi connectivity index (χ0v) is 15.0. The summed E-state index contributed by atoms with van der Waals surface area (Å²) in [6, 6.07) is 11.6. The van der Waals surface area contributed by atoms with Crippen LogP contribution in [0.25, 0.3) is 0 Å². The van der Waals surface area contributed by atoms with Gasteiger partial charge in [0, 0.05) is 29.9 Å². The standard InChI is InChI=1S/C20H23NO4/c1-5-21-17-9-7-6-8-14(17)15(20(21)22)12-16-18(24-3)10-13(23-2)11-19(16)25-4/h6-11,15H,5,12H2,1-4H3/t15-/m0/s1. The fourth-order valence-electron chi connectivity index (χ4n) is 3.47. The van der Waals surface area contributed by atoms with Gasteiger partial charge < -0.3 is 19.1 Å². The van der Waals surface area contributed by atoms with E-state index < -0.39 is 0 Å². The lowest BCUT2D eigenvalue weighted by Crippen LogP contribution is -2.29. The molecular formula is C20H23NO4. The minimum Gasteiger partial charge on any atom is -0.496 e. The number of hydrogen-bond donors (Lipinski definition) is 0. The summed E-state index contributed by atoms with van der Waals surface area (Å²) in [5.41, 5.74) is 2.91. The van der Waals surface area contributed by atoms with Gasteiger partial charge >= 0.3 is 0 Å². The van der Waals surface area contributed by atoms with Gasteiger partial charge in [0.2, 0.25) is 5.91 Å². The fourth-order valence-corrected chi connectivity index (χ4v) is 3.47. The second-order valence-electron chi connectivity index (χ2n) is 5.91. The van der Waals surface area contributed by atoms with Gasteiger partial charge in [0.1, 0.15) is 17.2 Å². The molecule has 1 atom stereocenters. The van der Waals surface area contributed by atoms with Gasteiger partial charge in [-0.15, -0.1) is 0 Å². The monoisotopic (exact) mass is 341 g/mol. The molecule has 1 aliphatic rings. The summed E-state index contributed by atoms with van der Waals surface area (Å²) >= 11 is 0. The molecule has 5 nitrogen and oxygen atoms in total. The molecule has 0 saturated carbocycles. The Kier molecular flexibility index (Phi) is 4.83. The van der Waals surface area contributed by atoms with Crippen molar-refractivity contribution in [3.05, 3.63) is 47.5 Å². The Bertz CT molecular complexity index is 762. The van der Waals surface area contributed by atoms with Crippen LogP contribution >= 0.6 is 0 Å². The molecule has 0 fully saturated rings. The number of carbonyl (C=O) groups excluding carboxylic acids is 1. The number of hydrogen-bond acceptors (Lipinski definition) is 4. The van der Waals surface area contributed by atoms with E-state index in [1.165, 1.54) is 0 Å². The van der Waals surface area contributed by atoms with Gasteiger partial charge in [0.15, 0.2) is 0 Å². The summed E-state index contributed by atoms with van der Waals surface area (Å²) in [7, 11) is 4.82. The largest absolute Gasteiger partial charge is 0.496 e. The molecule has 0 radical (unpaired) electrons. The number of carbonyl (C=O) groups is 1. The third kappa shape index (κ3) is 2.90. The smallest absolute Gasteiger partial charge is 0.234 e. The van der Waals surface area contributed by atoms with E-state index in [1.54, 1.807) is 21.3 Å². The number of nitrogens with zero attached hydrogens (tertiary/aromatic N) is 1. The van der Waals surface area contributed by atoms with Crippen LogP contribution in [0.3, 0.4) is 0 Å². The summed E-state index contributed by atoms with van der Waals surface area (Å²) in [5.74, 6) is 1.86. The van der Waals surface area contributed by atoms with Crippen LogP contribution in [0.5, 0.6) is 17.2 Å². The summed E-state index contributed by atoms with van der Waals surface area (Å²) in [4.78, 5) is 14.8. The summed E-state index contributed by atoms with van der Waals surface area (Å²) in [6.45, 7) is 2.65. The molecule has 0 bridgehead atoms. The Labute approximate surface area is 148 Å². The van der Waals surface area contributed by atoms with Crippen molar-refractivity contribution >= 4 is 11.6 Å². The molecule has 0 saturated heterocycles. The highest BCUT2D eigenvalue weighted by Gasteiger charge is 2.37. The zero-order valence-electron chi connectivity index (χ0n) is 15.0. The van der Waals surface area contributed by atoms with Crippen LogP contribution in [-0.2, 0) is 11.2 Å². The molecule has 1 heterocycles. The van der Waals surface area contributed by atoms with Crippen LogP contribution in [0, 0.1) is 0 Å². The number of ether oxygens (including phenoxy) is 3. The third-order valence-corrected chi connectivity index (χ3v) is 4.71. The molecule has 3 rings (SSSR count).